The van der Waals surface area contributed by atoms with Gasteiger partial charge in [-0.1, -0.05) is 30.3 Å². The summed E-state index contributed by atoms with van der Waals surface area (Å²) in [5, 5.41) is 5.37. The molecule has 0 bridgehead atoms. The Kier molecular flexibility index (Phi) is 7.83. The zero-order chi connectivity index (χ0) is 24.1. The van der Waals surface area contributed by atoms with Gasteiger partial charge in [0.15, 0.2) is 5.65 Å². The normalized spacial score (nSPS) is 15.0. The molecule has 1 amide bonds. The Hall–Kier alpha value is -2.93. The average molecular weight is 464 g/mol. The van der Waals surface area contributed by atoms with Gasteiger partial charge in [0, 0.05) is 38.8 Å². The first-order valence-electron chi connectivity index (χ1n) is 12.4. The van der Waals surface area contributed by atoms with Crippen molar-refractivity contribution in [2.45, 2.75) is 46.0 Å². The minimum absolute atomic E-state index is 0.239. The maximum atomic E-state index is 13.1. The number of pyridine rings is 1. The zero-order valence-corrected chi connectivity index (χ0v) is 21.0. The molecular formula is C27H37N5O2. The van der Waals surface area contributed by atoms with Crippen molar-refractivity contribution in [3.8, 4) is 5.88 Å². The van der Waals surface area contributed by atoms with Crippen LogP contribution < -0.4 is 4.74 Å². The zero-order valence-electron chi connectivity index (χ0n) is 21.0. The lowest BCUT2D eigenvalue weighted by molar-refractivity contribution is -0.131. The molecule has 1 aromatic carbocycles. The topological polar surface area (TPSA) is 63.5 Å². The molecule has 7 nitrogen and oxygen atoms in total. The summed E-state index contributed by atoms with van der Waals surface area (Å²) in [6.45, 7) is 8.88. The maximum Gasteiger partial charge on any atom is 0.242 e. The Bertz CT molecular complexity index is 1130. The molecule has 7 heteroatoms. The molecule has 4 rings (SSSR count). The first-order chi connectivity index (χ1) is 16.5. The largest absolute Gasteiger partial charge is 0.479 e. The molecule has 0 N–H and O–H groups in total. The van der Waals surface area contributed by atoms with E-state index in [4.69, 9.17) is 9.72 Å². The van der Waals surface area contributed by atoms with Gasteiger partial charge in [0.2, 0.25) is 11.8 Å². The Balaban J connectivity index is 1.31. The van der Waals surface area contributed by atoms with Gasteiger partial charge in [-0.3, -0.25) is 4.79 Å². The van der Waals surface area contributed by atoms with E-state index in [2.05, 4.69) is 52.2 Å². The van der Waals surface area contributed by atoms with Crippen molar-refractivity contribution in [1.29, 1.82) is 0 Å². The van der Waals surface area contributed by atoms with Crippen molar-refractivity contribution in [2.24, 2.45) is 7.05 Å². The minimum Gasteiger partial charge on any atom is -0.479 e. The van der Waals surface area contributed by atoms with Gasteiger partial charge < -0.3 is 14.5 Å². The lowest BCUT2D eigenvalue weighted by Crippen LogP contribution is -2.35. The molecule has 1 aliphatic heterocycles. The highest BCUT2D eigenvalue weighted by Gasteiger charge is 2.21. The summed E-state index contributed by atoms with van der Waals surface area (Å²) in [5.74, 6) is 0.832. The highest BCUT2D eigenvalue weighted by Crippen LogP contribution is 2.30. The average Bonchev–Trinajstić information content (AvgIpc) is 2.99. The number of benzene rings is 1. The fraction of sp³-hybridized carbons (Fsp3) is 0.519. The number of aryl methyl sites for hydroxylation is 4. The van der Waals surface area contributed by atoms with E-state index in [9.17, 15) is 4.79 Å². The van der Waals surface area contributed by atoms with Crippen LogP contribution in [0.25, 0.3) is 11.0 Å². The Morgan fingerprint density at radius 1 is 1.06 bits per heavy atom. The molecule has 1 aliphatic rings. The summed E-state index contributed by atoms with van der Waals surface area (Å²) in [6, 6.07) is 10.7. The number of carbonyl (C=O) groups excluding carboxylic acids is 1. The number of nitrogens with zero attached hydrogens (tertiary/aromatic N) is 5. The van der Waals surface area contributed by atoms with Crippen LogP contribution in [0, 0.1) is 13.8 Å². The van der Waals surface area contributed by atoms with E-state index in [1.165, 1.54) is 5.56 Å². The molecular weight excluding hydrogens is 426 g/mol. The van der Waals surface area contributed by atoms with E-state index in [0.29, 0.717) is 18.7 Å². The fourth-order valence-corrected chi connectivity index (χ4v) is 5.09. The van der Waals surface area contributed by atoms with Gasteiger partial charge in [-0.05, 0) is 69.3 Å². The van der Waals surface area contributed by atoms with Gasteiger partial charge in [0.05, 0.1) is 12.5 Å². The van der Waals surface area contributed by atoms with Crippen molar-refractivity contribution < 1.29 is 9.53 Å². The van der Waals surface area contributed by atoms with E-state index in [1.54, 1.807) is 11.8 Å². The standard InChI is InChI=1S/C27H37N5O2/c1-20-23(21(2)28-26-25(20)27(34-4)29-30(26)3)13-14-24(33)32-17-9-16-31(18-19-32)15-8-12-22-10-6-5-7-11-22/h5-7,10-11H,8-9,12-19H2,1-4H3. The second-order valence-electron chi connectivity index (χ2n) is 9.30. The lowest BCUT2D eigenvalue weighted by Gasteiger charge is -2.22. The Morgan fingerprint density at radius 2 is 1.85 bits per heavy atom. The van der Waals surface area contributed by atoms with Gasteiger partial charge in [-0.2, -0.15) is 0 Å². The Morgan fingerprint density at radius 3 is 2.62 bits per heavy atom. The predicted molar refractivity (Wildman–Crippen MR) is 135 cm³/mol. The van der Waals surface area contributed by atoms with Crippen LogP contribution in [0.1, 0.15) is 41.6 Å². The van der Waals surface area contributed by atoms with Gasteiger partial charge >= 0.3 is 0 Å². The van der Waals surface area contributed by atoms with Gasteiger partial charge in [0.25, 0.3) is 0 Å². The third-order valence-corrected chi connectivity index (χ3v) is 7.03. The number of fused-ring (bicyclic) bond motifs is 1. The molecule has 0 atom stereocenters. The number of hydrogen-bond donors (Lipinski definition) is 0. The third-order valence-electron chi connectivity index (χ3n) is 7.03. The first-order valence-corrected chi connectivity index (χ1v) is 12.4. The van der Waals surface area contributed by atoms with Crippen LogP contribution in [-0.4, -0.2) is 70.3 Å². The maximum absolute atomic E-state index is 13.1. The van der Waals surface area contributed by atoms with E-state index >= 15 is 0 Å². The van der Waals surface area contributed by atoms with Crippen LogP contribution in [-0.2, 0) is 24.7 Å². The van der Waals surface area contributed by atoms with E-state index < -0.39 is 0 Å². The van der Waals surface area contributed by atoms with Crippen molar-refractivity contribution in [2.75, 3.05) is 39.8 Å². The molecule has 0 aliphatic carbocycles. The first kappa shape index (κ1) is 24.2. The molecule has 0 spiro atoms. The highest BCUT2D eigenvalue weighted by molar-refractivity contribution is 5.86. The fourth-order valence-electron chi connectivity index (χ4n) is 5.09. The highest BCUT2D eigenvalue weighted by atomic mass is 16.5. The number of hydrogen-bond acceptors (Lipinski definition) is 5. The summed E-state index contributed by atoms with van der Waals surface area (Å²) in [7, 11) is 3.51. The second-order valence-corrected chi connectivity index (χ2v) is 9.30. The van der Waals surface area contributed by atoms with E-state index in [-0.39, 0.29) is 5.91 Å². The van der Waals surface area contributed by atoms with Crippen LogP contribution in [0.5, 0.6) is 5.88 Å². The smallest absolute Gasteiger partial charge is 0.242 e. The number of aromatic nitrogens is 3. The number of amides is 1. The predicted octanol–water partition coefficient (Wildman–Crippen LogP) is 3.69. The molecule has 0 saturated carbocycles. The second kappa shape index (κ2) is 11.0. The third kappa shape index (κ3) is 5.41. The quantitative estimate of drug-likeness (QED) is 0.510. The molecule has 1 fully saturated rings. The van der Waals surface area contributed by atoms with Crippen LogP contribution in [0.3, 0.4) is 0 Å². The van der Waals surface area contributed by atoms with Crippen molar-refractivity contribution in [1.82, 2.24) is 24.6 Å². The van der Waals surface area contributed by atoms with Crippen LogP contribution >= 0.6 is 0 Å². The lowest BCUT2D eigenvalue weighted by atomic mass is 10.00. The number of carbonyl (C=O) groups is 1. The molecule has 3 heterocycles. The van der Waals surface area contributed by atoms with Crippen LogP contribution in [0.2, 0.25) is 0 Å². The number of rotatable bonds is 8. The minimum atomic E-state index is 0.239. The Labute approximate surface area is 202 Å². The molecule has 0 radical (unpaired) electrons. The van der Waals surface area contributed by atoms with Gasteiger partial charge in [-0.15, -0.1) is 5.10 Å². The summed E-state index contributed by atoms with van der Waals surface area (Å²) < 4.78 is 7.23. The molecule has 0 unspecified atom stereocenters. The summed E-state index contributed by atoms with van der Waals surface area (Å²) in [6.07, 6.45) is 4.50. The summed E-state index contributed by atoms with van der Waals surface area (Å²) in [5.41, 5.74) is 5.42. The number of ether oxygens (including phenoxy) is 1. The van der Waals surface area contributed by atoms with E-state index in [1.807, 2.05) is 14.0 Å². The molecule has 34 heavy (non-hydrogen) atoms. The summed E-state index contributed by atoms with van der Waals surface area (Å²) >= 11 is 0. The SMILES string of the molecule is COc1nn(C)c2nc(C)c(CCC(=O)N3CCCN(CCCc4ccccc4)CC3)c(C)c12. The molecule has 182 valence electrons. The summed E-state index contributed by atoms with van der Waals surface area (Å²) in [4.78, 5) is 22.4. The van der Waals surface area contributed by atoms with Gasteiger partial charge in [-0.25, -0.2) is 9.67 Å². The monoisotopic (exact) mass is 463 g/mol. The van der Waals surface area contributed by atoms with E-state index in [0.717, 1.165) is 79.8 Å². The van der Waals surface area contributed by atoms with Crippen LogP contribution in [0.4, 0.5) is 0 Å². The number of methoxy groups -OCH3 is 1. The van der Waals surface area contributed by atoms with Crippen molar-refractivity contribution >= 4 is 16.9 Å². The van der Waals surface area contributed by atoms with Crippen LogP contribution in [0.15, 0.2) is 30.3 Å². The molecule has 2 aromatic heterocycles. The van der Waals surface area contributed by atoms with Gasteiger partial charge in [0.1, 0.15) is 0 Å². The molecule has 1 saturated heterocycles. The van der Waals surface area contributed by atoms with Crippen molar-refractivity contribution in [3.63, 3.8) is 0 Å². The molecule has 3 aromatic rings. The van der Waals surface area contributed by atoms with Crippen molar-refractivity contribution in [3.05, 3.63) is 52.7 Å².